The Morgan fingerprint density at radius 1 is 1.35 bits per heavy atom. The van der Waals surface area contributed by atoms with Crippen LogP contribution in [0.4, 0.5) is 11.4 Å². The fourth-order valence-corrected chi connectivity index (χ4v) is 3.67. The summed E-state index contributed by atoms with van der Waals surface area (Å²) in [5.41, 5.74) is 1.73. The minimum atomic E-state index is -0.303. The molecule has 2 aliphatic rings. The van der Waals surface area contributed by atoms with Crippen LogP contribution in [0.15, 0.2) is 30.4 Å². The van der Waals surface area contributed by atoms with E-state index in [0.29, 0.717) is 17.5 Å². The molecule has 1 N–H and O–H groups in total. The Morgan fingerprint density at radius 2 is 2.15 bits per heavy atom. The fourth-order valence-electron chi connectivity index (χ4n) is 3.67. The number of nitro benzene ring substituents is 1. The lowest BCUT2D eigenvalue weighted by Crippen LogP contribution is -2.29. The molecule has 2 bridgehead atoms. The quantitative estimate of drug-likeness (QED) is 0.513. The number of rotatable bonds is 4. The number of hydrogen-bond donors (Lipinski definition) is 1. The summed E-state index contributed by atoms with van der Waals surface area (Å²) in [6.45, 7) is 4.02. The average Bonchev–Trinajstić information content (AvgIpc) is 3.03. The SMILES string of the molecule is Cc1ccc(NC(C)C2CC3C=CC2C3)c([N+](=O)[O-])c1. The first-order valence-electron chi connectivity index (χ1n) is 7.24. The third-order valence-electron chi connectivity index (χ3n) is 4.71. The summed E-state index contributed by atoms with van der Waals surface area (Å²) in [7, 11) is 0. The highest BCUT2D eigenvalue weighted by atomic mass is 16.6. The molecule has 0 heterocycles. The lowest BCUT2D eigenvalue weighted by molar-refractivity contribution is -0.384. The number of aryl methyl sites for hydroxylation is 1. The van der Waals surface area contributed by atoms with E-state index in [2.05, 4.69) is 24.4 Å². The van der Waals surface area contributed by atoms with Crippen LogP contribution < -0.4 is 5.32 Å². The van der Waals surface area contributed by atoms with Crippen LogP contribution in [0.1, 0.15) is 25.3 Å². The highest BCUT2D eigenvalue weighted by Crippen LogP contribution is 2.45. The number of fused-ring (bicyclic) bond motifs is 2. The number of nitrogens with zero attached hydrogens (tertiary/aromatic N) is 1. The van der Waals surface area contributed by atoms with E-state index < -0.39 is 0 Å². The first-order valence-corrected chi connectivity index (χ1v) is 7.24. The topological polar surface area (TPSA) is 55.2 Å². The molecular weight excluding hydrogens is 252 g/mol. The zero-order valence-corrected chi connectivity index (χ0v) is 11.9. The van der Waals surface area contributed by atoms with Crippen LogP contribution in [0.2, 0.25) is 0 Å². The minimum absolute atomic E-state index is 0.176. The van der Waals surface area contributed by atoms with Crippen molar-refractivity contribution in [2.24, 2.45) is 17.8 Å². The van der Waals surface area contributed by atoms with Gasteiger partial charge in [0.25, 0.3) is 5.69 Å². The summed E-state index contributed by atoms with van der Waals surface area (Å²) in [6, 6.07) is 5.64. The number of nitrogens with one attached hydrogen (secondary N) is 1. The molecular formula is C16H20N2O2. The Hall–Kier alpha value is -1.84. The van der Waals surface area contributed by atoms with E-state index in [4.69, 9.17) is 0 Å². The van der Waals surface area contributed by atoms with Gasteiger partial charge in [-0.15, -0.1) is 0 Å². The molecule has 4 nitrogen and oxygen atoms in total. The van der Waals surface area contributed by atoms with Gasteiger partial charge in [0.1, 0.15) is 5.69 Å². The van der Waals surface area contributed by atoms with Gasteiger partial charge >= 0.3 is 0 Å². The van der Waals surface area contributed by atoms with Crippen LogP contribution in [0.5, 0.6) is 0 Å². The second-order valence-electron chi connectivity index (χ2n) is 6.15. The van der Waals surface area contributed by atoms with Crippen molar-refractivity contribution in [2.75, 3.05) is 5.32 Å². The molecule has 0 aliphatic heterocycles. The summed E-state index contributed by atoms with van der Waals surface area (Å²) in [5.74, 6) is 1.96. The van der Waals surface area contributed by atoms with Crippen molar-refractivity contribution < 1.29 is 4.92 Å². The van der Waals surface area contributed by atoms with Gasteiger partial charge < -0.3 is 5.32 Å². The van der Waals surface area contributed by atoms with Crippen molar-refractivity contribution in [1.29, 1.82) is 0 Å². The zero-order chi connectivity index (χ0) is 14.3. The predicted molar refractivity (Wildman–Crippen MR) is 79.8 cm³/mol. The van der Waals surface area contributed by atoms with Crippen LogP contribution in [-0.4, -0.2) is 11.0 Å². The normalized spacial score (nSPS) is 28.6. The molecule has 4 unspecified atom stereocenters. The lowest BCUT2D eigenvalue weighted by atomic mass is 9.87. The largest absolute Gasteiger partial charge is 0.377 e. The number of benzene rings is 1. The number of anilines is 1. The molecule has 3 rings (SSSR count). The van der Waals surface area contributed by atoms with E-state index in [9.17, 15) is 10.1 Å². The Morgan fingerprint density at radius 3 is 2.75 bits per heavy atom. The molecule has 2 aliphatic carbocycles. The molecule has 106 valence electrons. The zero-order valence-electron chi connectivity index (χ0n) is 11.9. The number of nitro groups is 1. The minimum Gasteiger partial charge on any atom is -0.377 e. The Bertz CT molecular complexity index is 568. The van der Waals surface area contributed by atoms with Gasteiger partial charge in [0.15, 0.2) is 0 Å². The number of allylic oxidation sites excluding steroid dienone is 2. The second kappa shape index (κ2) is 4.93. The Labute approximate surface area is 119 Å². The van der Waals surface area contributed by atoms with Gasteiger partial charge in [-0.3, -0.25) is 10.1 Å². The molecule has 4 atom stereocenters. The van der Waals surface area contributed by atoms with Crippen LogP contribution in [0.25, 0.3) is 0 Å². The van der Waals surface area contributed by atoms with Crippen molar-refractivity contribution >= 4 is 11.4 Å². The van der Waals surface area contributed by atoms with Crippen molar-refractivity contribution in [2.45, 2.75) is 32.7 Å². The second-order valence-corrected chi connectivity index (χ2v) is 6.15. The summed E-state index contributed by atoms with van der Waals surface area (Å²) >= 11 is 0. The molecule has 1 fully saturated rings. The lowest BCUT2D eigenvalue weighted by Gasteiger charge is -2.27. The van der Waals surface area contributed by atoms with Gasteiger partial charge in [-0.25, -0.2) is 0 Å². The van der Waals surface area contributed by atoms with Crippen LogP contribution in [-0.2, 0) is 0 Å². The highest BCUT2D eigenvalue weighted by molar-refractivity contribution is 5.63. The number of hydrogen-bond acceptors (Lipinski definition) is 3. The Kier molecular flexibility index (Phi) is 3.24. The van der Waals surface area contributed by atoms with Crippen LogP contribution in [0.3, 0.4) is 0 Å². The van der Waals surface area contributed by atoms with Gasteiger partial charge in [-0.1, -0.05) is 18.2 Å². The van der Waals surface area contributed by atoms with E-state index in [1.807, 2.05) is 19.1 Å². The van der Waals surface area contributed by atoms with Crippen molar-refractivity contribution in [3.05, 3.63) is 46.0 Å². The van der Waals surface area contributed by atoms with Crippen LogP contribution in [0, 0.1) is 34.8 Å². The van der Waals surface area contributed by atoms with Crippen molar-refractivity contribution in [1.82, 2.24) is 0 Å². The first-order chi connectivity index (χ1) is 9.54. The monoisotopic (exact) mass is 272 g/mol. The standard InChI is InChI=1S/C16H20N2O2/c1-10-3-6-15(16(7-10)18(19)20)17-11(2)14-9-12-4-5-13(14)8-12/h3-7,11-14,17H,8-9H2,1-2H3. The average molecular weight is 272 g/mol. The molecule has 4 heteroatoms. The van der Waals surface area contributed by atoms with E-state index in [0.717, 1.165) is 11.5 Å². The highest BCUT2D eigenvalue weighted by Gasteiger charge is 2.38. The molecule has 0 radical (unpaired) electrons. The first kappa shape index (κ1) is 13.2. The third-order valence-corrected chi connectivity index (χ3v) is 4.71. The molecule has 0 spiro atoms. The van der Waals surface area contributed by atoms with Gasteiger partial charge in [-0.05, 0) is 56.1 Å². The van der Waals surface area contributed by atoms with E-state index >= 15 is 0 Å². The molecule has 1 aromatic carbocycles. The smallest absolute Gasteiger partial charge is 0.292 e. The maximum Gasteiger partial charge on any atom is 0.292 e. The Balaban J connectivity index is 1.77. The van der Waals surface area contributed by atoms with Gasteiger partial charge in [-0.2, -0.15) is 0 Å². The van der Waals surface area contributed by atoms with Gasteiger partial charge in [0.2, 0.25) is 0 Å². The predicted octanol–water partition coefficient (Wildman–Crippen LogP) is 3.92. The fraction of sp³-hybridized carbons (Fsp3) is 0.500. The summed E-state index contributed by atoms with van der Waals surface area (Å²) in [4.78, 5) is 10.9. The summed E-state index contributed by atoms with van der Waals surface area (Å²) in [6.07, 6.45) is 7.10. The molecule has 1 aromatic rings. The van der Waals surface area contributed by atoms with E-state index in [1.165, 1.54) is 12.8 Å². The maximum atomic E-state index is 11.2. The maximum absolute atomic E-state index is 11.2. The van der Waals surface area contributed by atoms with E-state index in [-0.39, 0.29) is 16.7 Å². The van der Waals surface area contributed by atoms with Crippen molar-refractivity contribution in [3.8, 4) is 0 Å². The summed E-state index contributed by atoms with van der Waals surface area (Å²) < 4.78 is 0. The molecule has 0 saturated heterocycles. The third kappa shape index (κ3) is 2.30. The van der Waals surface area contributed by atoms with Crippen molar-refractivity contribution in [3.63, 3.8) is 0 Å². The molecule has 0 amide bonds. The molecule has 20 heavy (non-hydrogen) atoms. The summed E-state index contributed by atoms with van der Waals surface area (Å²) in [5, 5.41) is 14.5. The van der Waals surface area contributed by atoms with Crippen LogP contribution >= 0.6 is 0 Å². The van der Waals surface area contributed by atoms with Gasteiger partial charge in [0, 0.05) is 12.1 Å². The van der Waals surface area contributed by atoms with Gasteiger partial charge in [0.05, 0.1) is 4.92 Å². The van der Waals surface area contributed by atoms with E-state index in [1.54, 1.807) is 6.07 Å². The molecule has 0 aromatic heterocycles. The molecule has 1 saturated carbocycles.